The minimum absolute atomic E-state index is 0.0834. The van der Waals surface area contributed by atoms with Gasteiger partial charge in [-0.2, -0.15) is 5.10 Å². The molecule has 1 aliphatic heterocycles. The van der Waals surface area contributed by atoms with E-state index in [1.54, 1.807) is 7.11 Å². The average Bonchev–Trinajstić information content (AvgIpc) is 3.53. The summed E-state index contributed by atoms with van der Waals surface area (Å²) >= 11 is 0. The van der Waals surface area contributed by atoms with E-state index in [-0.39, 0.29) is 24.1 Å². The molecule has 0 aromatic carbocycles. The van der Waals surface area contributed by atoms with Crippen LogP contribution < -0.4 is 10.6 Å². The first-order valence-corrected chi connectivity index (χ1v) is 12.1. The van der Waals surface area contributed by atoms with Crippen molar-refractivity contribution in [1.29, 1.82) is 0 Å². The molecule has 1 saturated carbocycles. The van der Waals surface area contributed by atoms with Gasteiger partial charge in [0, 0.05) is 54.5 Å². The fourth-order valence-electron chi connectivity index (χ4n) is 5.13. The minimum Gasteiger partial charge on any atom is -0.393 e. The molecule has 10 nitrogen and oxygen atoms in total. The molecule has 1 amide bonds. The number of carbonyl (C=O) groups is 1. The molecule has 0 spiro atoms. The fourth-order valence-corrected chi connectivity index (χ4v) is 5.13. The van der Waals surface area contributed by atoms with Crippen molar-refractivity contribution in [1.82, 2.24) is 29.7 Å². The van der Waals surface area contributed by atoms with Crippen molar-refractivity contribution in [3.05, 3.63) is 30.4 Å². The molecule has 0 radical (unpaired) electrons. The third-order valence-electron chi connectivity index (χ3n) is 6.89. The van der Waals surface area contributed by atoms with E-state index in [4.69, 9.17) is 9.84 Å². The maximum atomic E-state index is 11.5. The standard InChI is InChI=1S/C24H33N7O3/c1-15(14-34-2)27-24-25-11-22-20(9-21(31(22)29-24)16-3-6-19(32)7-4-16)17-10-26-30(12-17)13-18-5-8-23(33)28-18/h9-12,15-16,18-19,32H,3-8,13-14H2,1-2H3,(H,27,29)(H,28,33)/t15-,16-,18-,19-/m0/s1. The number of ether oxygens (including phenoxy) is 1. The van der Waals surface area contributed by atoms with Gasteiger partial charge < -0.3 is 20.5 Å². The van der Waals surface area contributed by atoms with Crippen molar-refractivity contribution in [2.75, 3.05) is 19.0 Å². The molecule has 34 heavy (non-hydrogen) atoms. The van der Waals surface area contributed by atoms with Gasteiger partial charge in [0.2, 0.25) is 11.9 Å². The van der Waals surface area contributed by atoms with E-state index < -0.39 is 0 Å². The number of methoxy groups -OCH3 is 1. The molecule has 4 heterocycles. The number of nitrogens with zero attached hydrogens (tertiary/aromatic N) is 5. The first kappa shape index (κ1) is 22.8. The SMILES string of the molecule is COC[C@H](C)Nc1ncc2c(-c3cnn(C[C@@H]4CCC(=O)N4)c3)cc([C@H]3CC[C@H](O)CC3)n2n1. The second-order valence-electron chi connectivity index (χ2n) is 9.62. The Kier molecular flexibility index (Phi) is 6.51. The van der Waals surface area contributed by atoms with Crippen molar-refractivity contribution in [3.8, 4) is 11.1 Å². The molecule has 2 aliphatic rings. The van der Waals surface area contributed by atoms with Crippen LogP contribution in [0.2, 0.25) is 0 Å². The van der Waals surface area contributed by atoms with Gasteiger partial charge in [-0.25, -0.2) is 9.50 Å². The fraction of sp³-hybridized carbons (Fsp3) is 0.583. The molecular weight excluding hydrogens is 434 g/mol. The van der Waals surface area contributed by atoms with E-state index >= 15 is 0 Å². The molecule has 0 bridgehead atoms. The van der Waals surface area contributed by atoms with Gasteiger partial charge >= 0.3 is 0 Å². The number of hydrogen-bond donors (Lipinski definition) is 3. The van der Waals surface area contributed by atoms with E-state index in [0.29, 0.717) is 31.4 Å². The number of carbonyl (C=O) groups excluding carboxylic acids is 1. The molecular formula is C24H33N7O3. The summed E-state index contributed by atoms with van der Waals surface area (Å²) in [6.45, 7) is 3.25. The Morgan fingerprint density at radius 2 is 2.09 bits per heavy atom. The number of aromatic nitrogens is 5. The monoisotopic (exact) mass is 467 g/mol. The van der Waals surface area contributed by atoms with Gasteiger partial charge in [-0.15, -0.1) is 5.10 Å². The normalized spacial score (nSPS) is 23.9. The molecule has 3 aromatic heterocycles. The van der Waals surface area contributed by atoms with E-state index in [1.807, 2.05) is 34.7 Å². The number of fused-ring (bicyclic) bond motifs is 1. The summed E-state index contributed by atoms with van der Waals surface area (Å²) in [6, 6.07) is 2.41. The second kappa shape index (κ2) is 9.71. The highest BCUT2D eigenvalue weighted by Crippen LogP contribution is 2.37. The van der Waals surface area contributed by atoms with Crippen LogP contribution in [0.5, 0.6) is 0 Å². The highest BCUT2D eigenvalue weighted by Gasteiger charge is 2.26. The molecule has 0 unspecified atom stereocenters. The van der Waals surface area contributed by atoms with Crippen LogP contribution >= 0.6 is 0 Å². The number of amides is 1. The Labute approximate surface area is 198 Å². The van der Waals surface area contributed by atoms with E-state index in [2.05, 4.69) is 26.8 Å². The van der Waals surface area contributed by atoms with E-state index in [0.717, 1.165) is 54.4 Å². The summed E-state index contributed by atoms with van der Waals surface area (Å²) in [5.74, 6) is 0.996. The number of nitrogens with one attached hydrogen (secondary N) is 2. The maximum absolute atomic E-state index is 11.5. The molecule has 3 N–H and O–H groups in total. The second-order valence-corrected chi connectivity index (χ2v) is 9.62. The zero-order chi connectivity index (χ0) is 23.7. The van der Waals surface area contributed by atoms with Gasteiger partial charge in [0.1, 0.15) is 0 Å². The van der Waals surface area contributed by atoms with Crippen molar-refractivity contribution in [2.24, 2.45) is 0 Å². The van der Waals surface area contributed by atoms with Gasteiger partial charge in [0.25, 0.3) is 0 Å². The number of hydrogen-bond acceptors (Lipinski definition) is 7. The van der Waals surface area contributed by atoms with E-state index in [1.165, 1.54) is 0 Å². The lowest BCUT2D eigenvalue weighted by Gasteiger charge is -2.25. The molecule has 3 aromatic rings. The molecule has 2 atom stereocenters. The average molecular weight is 468 g/mol. The quantitative estimate of drug-likeness (QED) is 0.465. The molecule has 10 heteroatoms. The van der Waals surface area contributed by atoms with Crippen LogP contribution in [0.15, 0.2) is 24.7 Å². The summed E-state index contributed by atoms with van der Waals surface area (Å²) in [4.78, 5) is 16.1. The highest BCUT2D eigenvalue weighted by atomic mass is 16.5. The van der Waals surface area contributed by atoms with Crippen molar-refractivity contribution >= 4 is 17.4 Å². The lowest BCUT2D eigenvalue weighted by atomic mass is 9.85. The van der Waals surface area contributed by atoms with Crippen molar-refractivity contribution in [3.63, 3.8) is 0 Å². The molecule has 1 saturated heterocycles. The summed E-state index contributed by atoms with van der Waals surface area (Å²) in [6.07, 6.45) is 10.4. The summed E-state index contributed by atoms with van der Waals surface area (Å²) in [5, 5.41) is 25.7. The third-order valence-corrected chi connectivity index (χ3v) is 6.89. The van der Waals surface area contributed by atoms with Crippen LogP contribution in [-0.2, 0) is 16.1 Å². The summed E-state index contributed by atoms with van der Waals surface area (Å²) in [5.41, 5.74) is 4.11. The van der Waals surface area contributed by atoms with Crippen molar-refractivity contribution < 1.29 is 14.6 Å². The first-order valence-electron chi connectivity index (χ1n) is 12.1. The first-order chi connectivity index (χ1) is 16.5. The predicted molar refractivity (Wildman–Crippen MR) is 128 cm³/mol. The highest BCUT2D eigenvalue weighted by molar-refractivity contribution is 5.81. The third kappa shape index (κ3) is 4.78. The van der Waals surface area contributed by atoms with Crippen LogP contribution in [0, 0.1) is 0 Å². The van der Waals surface area contributed by atoms with Crippen LogP contribution in [0.4, 0.5) is 5.95 Å². The number of aliphatic hydroxyl groups excluding tert-OH is 1. The molecule has 5 rings (SSSR count). The number of anilines is 1. The summed E-state index contributed by atoms with van der Waals surface area (Å²) < 4.78 is 9.13. The topological polar surface area (TPSA) is 119 Å². The maximum Gasteiger partial charge on any atom is 0.241 e. The number of rotatable bonds is 8. The Bertz CT molecular complexity index is 1150. The Morgan fingerprint density at radius 1 is 1.26 bits per heavy atom. The Balaban J connectivity index is 1.47. The Hall–Kier alpha value is -2.98. The van der Waals surface area contributed by atoms with Crippen LogP contribution in [0.25, 0.3) is 16.6 Å². The largest absolute Gasteiger partial charge is 0.393 e. The van der Waals surface area contributed by atoms with Gasteiger partial charge in [-0.1, -0.05) is 0 Å². The zero-order valence-electron chi connectivity index (χ0n) is 19.8. The Morgan fingerprint density at radius 3 is 2.82 bits per heavy atom. The smallest absolute Gasteiger partial charge is 0.241 e. The van der Waals surface area contributed by atoms with Gasteiger partial charge in [-0.3, -0.25) is 9.48 Å². The number of aliphatic hydroxyl groups is 1. The lowest BCUT2D eigenvalue weighted by molar-refractivity contribution is -0.119. The predicted octanol–water partition coefficient (Wildman–Crippen LogP) is 2.34. The van der Waals surface area contributed by atoms with Gasteiger partial charge in [0.15, 0.2) is 0 Å². The van der Waals surface area contributed by atoms with Gasteiger partial charge in [0.05, 0.1) is 37.2 Å². The minimum atomic E-state index is -0.210. The molecule has 182 valence electrons. The molecule has 1 aliphatic carbocycles. The molecule has 2 fully saturated rings. The van der Waals surface area contributed by atoms with Gasteiger partial charge in [-0.05, 0) is 45.1 Å². The lowest BCUT2D eigenvalue weighted by Crippen LogP contribution is -2.29. The van der Waals surface area contributed by atoms with Crippen LogP contribution in [0.1, 0.15) is 57.1 Å². The summed E-state index contributed by atoms with van der Waals surface area (Å²) in [7, 11) is 1.68. The van der Waals surface area contributed by atoms with Crippen LogP contribution in [-0.4, -0.2) is 67.3 Å². The van der Waals surface area contributed by atoms with E-state index in [9.17, 15) is 9.90 Å². The van der Waals surface area contributed by atoms with Crippen LogP contribution in [0.3, 0.4) is 0 Å². The zero-order valence-corrected chi connectivity index (χ0v) is 19.8. The van der Waals surface area contributed by atoms with Crippen molar-refractivity contribution in [2.45, 2.75) is 76.1 Å².